The standard InChI is InChI=1S/C11H13BrF2N2/c12-7-5-9(13)11(10(14)6-7)16-8-1-3-15-4-2-8/h5-6,8,15-16H,1-4H2. The van der Waals surface area contributed by atoms with Gasteiger partial charge in [-0.3, -0.25) is 0 Å². The van der Waals surface area contributed by atoms with Crippen molar-refractivity contribution in [2.75, 3.05) is 18.4 Å². The molecular formula is C11H13BrF2N2. The van der Waals surface area contributed by atoms with E-state index in [0.717, 1.165) is 25.9 Å². The van der Waals surface area contributed by atoms with Crippen LogP contribution >= 0.6 is 15.9 Å². The maximum absolute atomic E-state index is 13.5. The third-order valence-electron chi connectivity index (χ3n) is 2.69. The molecule has 5 heteroatoms. The summed E-state index contributed by atoms with van der Waals surface area (Å²) in [5.41, 5.74) is -0.0184. The van der Waals surface area contributed by atoms with Gasteiger partial charge in [0.1, 0.15) is 17.3 Å². The second-order valence-corrected chi connectivity index (χ2v) is 4.83. The summed E-state index contributed by atoms with van der Waals surface area (Å²) in [4.78, 5) is 0. The Kier molecular flexibility index (Phi) is 3.76. The molecule has 2 nitrogen and oxygen atoms in total. The van der Waals surface area contributed by atoms with Gasteiger partial charge in [-0.2, -0.15) is 0 Å². The van der Waals surface area contributed by atoms with E-state index in [1.807, 2.05) is 0 Å². The van der Waals surface area contributed by atoms with Crippen molar-refractivity contribution in [2.45, 2.75) is 18.9 Å². The Bertz CT molecular complexity index is 355. The van der Waals surface area contributed by atoms with Gasteiger partial charge in [-0.1, -0.05) is 15.9 Å². The molecule has 1 aromatic carbocycles. The quantitative estimate of drug-likeness (QED) is 0.875. The summed E-state index contributed by atoms with van der Waals surface area (Å²) >= 11 is 3.05. The van der Waals surface area contributed by atoms with Crippen molar-refractivity contribution >= 4 is 21.6 Å². The zero-order chi connectivity index (χ0) is 11.5. The van der Waals surface area contributed by atoms with E-state index >= 15 is 0 Å². The maximum atomic E-state index is 13.5. The average Bonchev–Trinajstić information content (AvgIpc) is 2.25. The molecule has 0 unspecified atom stereocenters. The molecule has 0 aliphatic carbocycles. The van der Waals surface area contributed by atoms with E-state index in [-0.39, 0.29) is 11.7 Å². The van der Waals surface area contributed by atoms with Crippen LogP contribution in [-0.2, 0) is 0 Å². The highest BCUT2D eigenvalue weighted by Crippen LogP contribution is 2.25. The molecular weight excluding hydrogens is 278 g/mol. The van der Waals surface area contributed by atoms with Gasteiger partial charge in [0.15, 0.2) is 0 Å². The van der Waals surface area contributed by atoms with Crippen LogP contribution in [0.2, 0.25) is 0 Å². The van der Waals surface area contributed by atoms with Crippen LogP contribution in [0.15, 0.2) is 16.6 Å². The molecule has 1 heterocycles. The van der Waals surface area contributed by atoms with Crippen LogP contribution in [0.3, 0.4) is 0 Å². The van der Waals surface area contributed by atoms with Crippen molar-refractivity contribution in [1.29, 1.82) is 0 Å². The first-order valence-electron chi connectivity index (χ1n) is 5.28. The number of halogens is 3. The minimum absolute atomic E-state index is 0.0184. The van der Waals surface area contributed by atoms with Crippen LogP contribution in [-0.4, -0.2) is 19.1 Å². The van der Waals surface area contributed by atoms with Crippen molar-refractivity contribution in [3.8, 4) is 0 Å². The zero-order valence-electron chi connectivity index (χ0n) is 8.69. The van der Waals surface area contributed by atoms with Gasteiger partial charge in [-0.15, -0.1) is 0 Å². The molecule has 1 aliphatic heterocycles. The number of anilines is 1. The summed E-state index contributed by atoms with van der Waals surface area (Å²) in [6, 6.07) is 2.69. The SMILES string of the molecule is Fc1cc(Br)cc(F)c1NC1CCNCC1. The number of benzene rings is 1. The molecule has 2 rings (SSSR count). The Balaban J connectivity index is 2.14. The largest absolute Gasteiger partial charge is 0.377 e. The second-order valence-electron chi connectivity index (χ2n) is 3.91. The van der Waals surface area contributed by atoms with E-state index in [1.165, 1.54) is 12.1 Å². The number of rotatable bonds is 2. The first kappa shape index (κ1) is 11.8. The predicted molar refractivity (Wildman–Crippen MR) is 63.6 cm³/mol. The molecule has 0 bridgehead atoms. The average molecular weight is 291 g/mol. The van der Waals surface area contributed by atoms with E-state index in [9.17, 15) is 8.78 Å². The molecule has 0 radical (unpaired) electrons. The Hall–Kier alpha value is -0.680. The minimum Gasteiger partial charge on any atom is -0.377 e. The van der Waals surface area contributed by atoms with Gasteiger partial charge in [0.2, 0.25) is 0 Å². The Labute approximate surface area is 102 Å². The molecule has 1 aromatic rings. The van der Waals surface area contributed by atoms with Gasteiger partial charge >= 0.3 is 0 Å². The van der Waals surface area contributed by atoms with E-state index in [0.29, 0.717) is 4.47 Å². The van der Waals surface area contributed by atoms with Crippen LogP contribution in [0.25, 0.3) is 0 Å². The van der Waals surface area contributed by atoms with Gasteiger partial charge in [0.25, 0.3) is 0 Å². The highest BCUT2D eigenvalue weighted by molar-refractivity contribution is 9.10. The summed E-state index contributed by atoms with van der Waals surface area (Å²) in [6.45, 7) is 1.77. The fraction of sp³-hybridized carbons (Fsp3) is 0.455. The van der Waals surface area contributed by atoms with Crippen molar-refractivity contribution in [3.05, 3.63) is 28.2 Å². The van der Waals surface area contributed by atoms with Crippen molar-refractivity contribution in [1.82, 2.24) is 5.32 Å². The van der Waals surface area contributed by atoms with Gasteiger partial charge < -0.3 is 10.6 Å². The molecule has 0 spiro atoms. The van der Waals surface area contributed by atoms with E-state index < -0.39 is 11.6 Å². The van der Waals surface area contributed by atoms with Crippen molar-refractivity contribution < 1.29 is 8.78 Å². The van der Waals surface area contributed by atoms with Gasteiger partial charge in [-0.25, -0.2) is 8.78 Å². The topological polar surface area (TPSA) is 24.1 Å². The number of hydrogen-bond donors (Lipinski definition) is 2. The first-order chi connectivity index (χ1) is 7.66. The molecule has 0 saturated carbocycles. The lowest BCUT2D eigenvalue weighted by Gasteiger charge is -2.25. The van der Waals surface area contributed by atoms with E-state index in [4.69, 9.17) is 0 Å². The van der Waals surface area contributed by atoms with Gasteiger partial charge in [0, 0.05) is 10.5 Å². The molecule has 88 valence electrons. The molecule has 1 saturated heterocycles. The Morgan fingerprint density at radius 2 is 1.75 bits per heavy atom. The summed E-state index contributed by atoms with van der Waals surface area (Å²) in [6.07, 6.45) is 1.77. The number of nitrogens with one attached hydrogen (secondary N) is 2. The van der Waals surface area contributed by atoms with Crippen LogP contribution in [0.1, 0.15) is 12.8 Å². The lowest BCUT2D eigenvalue weighted by Crippen LogP contribution is -2.35. The van der Waals surface area contributed by atoms with E-state index in [2.05, 4.69) is 26.6 Å². The Morgan fingerprint density at radius 3 is 2.31 bits per heavy atom. The lowest BCUT2D eigenvalue weighted by molar-refractivity contribution is 0.473. The fourth-order valence-corrected chi connectivity index (χ4v) is 2.25. The van der Waals surface area contributed by atoms with E-state index in [1.54, 1.807) is 0 Å². The highest BCUT2D eigenvalue weighted by atomic mass is 79.9. The molecule has 0 aromatic heterocycles. The summed E-state index contributed by atoms with van der Waals surface area (Å²) < 4.78 is 27.5. The Morgan fingerprint density at radius 1 is 1.19 bits per heavy atom. The van der Waals surface area contributed by atoms with Crippen LogP contribution < -0.4 is 10.6 Å². The molecule has 1 fully saturated rings. The van der Waals surface area contributed by atoms with Crippen LogP contribution in [0, 0.1) is 11.6 Å². The number of hydrogen-bond acceptors (Lipinski definition) is 2. The summed E-state index contributed by atoms with van der Waals surface area (Å²) in [5, 5.41) is 6.14. The lowest BCUT2D eigenvalue weighted by atomic mass is 10.1. The zero-order valence-corrected chi connectivity index (χ0v) is 10.3. The maximum Gasteiger partial charge on any atom is 0.150 e. The normalized spacial score (nSPS) is 17.4. The molecule has 16 heavy (non-hydrogen) atoms. The summed E-state index contributed by atoms with van der Waals surface area (Å²) in [5.74, 6) is -1.10. The third kappa shape index (κ3) is 2.71. The van der Waals surface area contributed by atoms with Gasteiger partial charge in [0.05, 0.1) is 0 Å². The molecule has 0 amide bonds. The van der Waals surface area contributed by atoms with Crippen molar-refractivity contribution in [3.63, 3.8) is 0 Å². The summed E-state index contributed by atoms with van der Waals surface area (Å²) in [7, 11) is 0. The molecule has 1 aliphatic rings. The second kappa shape index (κ2) is 5.10. The van der Waals surface area contributed by atoms with Crippen molar-refractivity contribution in [2.24, 2.45) is 0 Å². The fourth-order valence-electron chi connectivity index (χ4n) is 1.85. The first-order valence-corrected chi connectivity index (χ1v) is 6.08. The van der Waals surface area contributed by atoms with Crippen LogP contribution in [0.5, 0.6) is 0 Å². The highest BCUT2D eigenvalue weighted by Gasteiger charge is 2.17. The third-order valence-corrected chi connectivity index (χ3v) is 3.15. The smallest absolute Gasteiger partial charge is 0.150 e. The minimum atomic E-state index is -0.551. The predicted octanol–water partition coefficient (Wildman–Crippen LogP) is 2.89. The molecule has 0 atom stereocenters. The number of piperidine rings is 1. The monoisotopic (exact) mass is 290 g/mol. The van der Waals surface area contributed by atoms with Gasteiger partial charge in [-0.05, 0) is 38.1 Å². The van der Waals surface area contributed by atoms with Crippen LogP contribution in [0.4, 0.5) is 14.5 Å². The molecule has 2 N–H and O–H groups in total.